The summed E-state index contributed by atoms with van der Waals surface area (Å²) >= 11 is 1.19. The zero-order valence-corrected chi connectivity index (χ0v) is 13.6. The van der Waals surface area contributed by atoms with Crippen LogP contribution in [0.1, 0.15) is 29.9 Å². The van der Waals surface area contributed by atoms with Gasteiger partial charge in [0.2, 0.25) is 0 Å². The van der Waals surface area contributed by atoms with Crippen LogP contribution in [0, 0.1) is 6.92 Å². The number of hydrogen-bond donors (Lipinski definition) is 0. The van der Waals surface area contributed by atoms with E-state index in [0.717, 1.165) is 22.0 Å². The third kappa shape index (κ3) is 2.48. The fourth-order valence-electron chi connectivity index (χ4n) is 2.66. The largest absolute Gasteiger partial charge is 0.304 e. The lowest BCUT2D eigenvalue weighted by molar-refractivity contribution is 0.0975. The summed E-state index contributed by atoms with van der Waals surface area (Å²) in [5.41, 5.74) is 2.42. The number of aromatic nitrogens is 2. The van der Waals surface area contributed by atoms with Gasteiger partial charge in [0.1, 0.15) is 0 Å². The third-order valence-corrected chi connectivity index (χ3v) is 4.16. The normalized spacial score (nSPS) is 11.1. The van der Waals surface area contributed by atoms with E-state index in [1.807, 2.05) is 37.8 Å². The van der Waals surface area contributed by atoms with Crippen molar-refractivity contribution in [2.24, 2.45) is 0 Å². The summed E-state index contributed by atoms with van der Waals surface area (Å²) in [6.07, 6.45) is 0. The molecular weight excluding hydrogens is 294 g/mol. The van der Waals surface area contributed by atoms with Crippen LogP contribution in [0.25, 0.3) is 10.8 Å². The van der Waals surface area contributed by atoms with Crippen LogP contribution in [0.5, 0.6) is 0 Å². The van der Waals surface area contributed by atoms with Gasteiger partial charge in [0.25, 0.3) is 5.91 Å². The van der Waals surface area contributed by atoms with Crippen molar-refractivity contribution in [2.75, 3.05) is 4.90 Å². The Kier molecular flexibility index (Phi) is 3.90. The number of aryl methyl sites for hydroxylation is 1. The smallest absolute Gasteiger partial charge is 0.279 e. The van der Waals surface area contributed by atoms with E-state index in [-0.39, 0.29) is 11.9 Å². The Bertz CT molecular complexity index is 812. The topological polar surface area (TPSA) is 46.1 Å². The molecule has 0 saturated carbocycles. The van der Waals surface area contributed by atoms with Gasteiger partial charge < -0.3 is 4.90 Å². The second kappa shape index (κ2) is 5.85. The average molecular weight is 311 g/mol. The van der Waals surface area contributed by atoms with Crippen LogP contribution in [0.2, 0.25) is 0 Å². The number of carbonyl (C=O) groups excluding carboxylic acids is 1. The molecule has 1 aromatic heterocycles. The summed E-state index contributed by atoms with van der Waals surface area (Å²) in [6.45, 7) is 6.06. The zero-order valence-electron chi connectivity index (χ0n) is 12.8. The van der Waals surface area contributed by atoms with E-state index >= 15 is 0 Å². The highest BCUT2D eigenvalue weighted by Crippen LogP contribution is 2.32. The van der Waals surface area contributed by atoms with Crippen molar-refractivity contribution in [3.05, 3.63) is 53.0 Å². The maximum Gasteiger partial charge on any atom is 0.279 e. The van der Waals surface area contributed by atoms with Crippen LogP contribution >= 0.6 is 11.5 Å². The Morgan fingerprint density at radius 3 is 2.64 bits per heavy atom. The first-order valence-electron chi connectivity index (χ1n) is 7.18. The van der Waals surface area contributed by atoms with Crippen LogP contribution < -0.4 is 4.90 Å². The molecule has 3 rings (SSSR count). The van der Waals surface area contributed by atoms with Crippen LogP contribution in [0.4, 0.5) is 5.69 Å². The van der Waals surface area contributed by atoms with Crippen molar-refractivity contribution in [3.63, 3.8) is 0 Å². The van der Waals surface area contributed by atoms with E-state index in [1.165, 1.54) is 11.5 Å². The monoisotopic (exact) mass is 311 g/mol. The molecule has 2 aromatic carbocycles. The first kappa shape index (κ1) is 14.7. The minimum absolute atomic E-state index is 0.0266. The molecule has 3 aromatic rings. The highest BCUT2D eigenvalue weighted by Gasteiger charge is 2.25. The third-order valence-electron chi connectivity index (χ3n) is 3.66. The minimum Gasteiger partial charge on any atom is -0.304 e. The van der Waals surface area contributed by atoms with Gasteiger partial charge in [-0.15, -0.1) is 5.10 Å². The van der Waals surface area contributed by atoms with Crippen molar-refractivity contribution in [2.45, 2.75) is 26.8 Å². The summed E-state index contributed by atoms with van der Waals surface area (Å²) in [6, 6.07) is 12.3. The molecule has 1 amide bonds. The van der Waals surface area contributed by atoms with E-state index in [2.05, 4.69) is 33.9 Å². The Morgan fingerprint density at radius 1 is 1.18 bits per heavy atom. The Balaban J connectivity index is 2.21. The number of benzene rings is 2. The molecule has 22 heavy (non-hydrogen) atoms. The van der Waals surface area contributed by atoms with Gasteiger partial charge >= 0.3 is 0 Å². The number of rotatable bonds is 3. The molecule has 4 nitrogen and oxygen atoms in total. The molecule has 0 radical (unpaired) electrons. The first-order valence-corrected chi connectivity index (χ1v) is 8.02. The molecule has 0 fully saturated rings. The zero-order chi connectivity index (χ0) is 15.7. The summed E-state index contributed by atoms with van der Waals surface area (Å²) in [7, 11) is 0. The lowest BCUT2D eigenvalue weighted by atomic mass is 10.0. The van der Waals surface area contributed by atoms with E-state index in [9.17, 15) is 4.79 Å². The van der Waals surface area contributed by atoms with Crippen LogP contribution in [0.15, 0.2) is 41.8 Å². The Labute approximate surface area is 133 Å². The fraction of sp³-hybridized carbons (Fsp3) is 0.235. The van der Waals surface area contributed by atoms with Crippen molar-refractivity contribution < 1.29 is 4.79 Å². The molecule has 0 aliphatic rings. The number of amides is 1. The van der Waals surface area contributed by atoms with Crippen LogP contribution in [-0.2, 0) is 0 Å². The van der Waals surface area contributed by atoms with Crippen molar-refractivity contribution in [1.82, 2.24) is 9.59 Å². The predicted octanol–water partition coefficient (Wildman–Crippen LogP) is 4.05. The van der Waals surface area contributed by atoms with Crippen molar-refractivity contribution in [3.8, 4) is 0 Å². The predicted molar refractivity (Wildman–Crippen MR) is 90.5 cm³/mol. The summed E-state index contributed by atoms with van der Waals surface area (Å²) < 4.78 is 3.81. The molecule has 1 heterocycles. The fourth-order valence-corrected chi connectivity index (χ4v) is 3.09. The van der Waals surface area contributed by atoms with Crippen LogP contribution in [0.3, 0.4) is 0 Å². The lowest BCUT2D eigenvalue weighted by Gasteiger charge is -2.29. The van der Waals surface area contributed by atoms with Crippen LogP contribution in [-0.4, -0.2) is 21.5 Å². The van der Waals surface area contributed by atoms with Gasteiger partial charge in [0.15, 0.2) is 5.69 Å². The second-order valence-corrected chi connectivity index (χ2v) is 6.12. The van der Waals surface area contributed by atoms with Crippen molar-refractivity contribution >= 4 is 33.9 Å². The van der Waals surface area contributed by atoms with E-state index < -0.39 is 0 Å². The van der Waals surface area contributed by atoms with Crippen molar-refractivity contribution in [1.29, 1.82) is 0 Å². The van der Waals surface area contributed by atoms with Gasteiger partial charge in [-0.25, -0.2) is 0 Å². The molecule has 0 aliphatic carbocycles. The number of hydrogen-bond acceptors (Lipinski definition) is 4. The maximum absolute atomic E-state index is 12.9. The van der Waals surface area contributed by atoms with E-state index in [1.54, 1.807) is 5.38 Å². The molecule has 0 bridgehead atoms. The minimum atomic E-state index is -0.108. The standard InChI is InChI=1S/C17H17N3OS/c1-11(2)20(17(21)15-10-22-19-18-15)16-12(3)8-9-13-6-4-5-7-14(13)16/h4-11H,1-3H3. The van der Waals surface area contributed by atoms with Gasteiger partial charge in [0.05, 0.1) is 5.69 Å². The molecule has 5 heteroatoms. The molecule has 0 spiro atoms. The maximum atomic E-state index is 12.9. The molecular formula is C17H17N3OS. The Morgan fingerprint density at radius 2 is 1.95 bits per heavy atom. The SMILES string of the molecule is Cc1ccc2ccccc2c1N(C(=O)c1csnn1)C(C)C. The van der Waals surface area contributed by atoms with E-state index in [4.69, 9.17) is 0 Å². The van der Waals surface area contributed by atoms with E-state index in [0.29, 0.717) is 5.69 Å². The molecule has 0 aliphatic heterocycles. The molecule has 112 valence electrons. The van der Waals surface area contributed by atoms with Gasteiger partial charge in [-0.1, -0.05) is 40.9 Å². The summed E-state index contributed by atoms with van der Waals surface area (Å²) in [5.74, 6) is -0.108. The van der Waals surface area contributed by atoms with Gasteiger partial charge in [-0.2, -0.15) is 0 Å². The molecule has 0 unspecified atom stereocenters. The number of carbonyl (C=O) groups is 1. The van der Waals surface area contributed by atoms with Gasteiger partial charge in [-0.3, -0.25) is 4.79 Å². The molecule has 0 atom stereocenters. The van der Waals surface area contributed by atoms with Gasteiger partial charge in [-0.05, 0) is 43.3 Å². The Hall–Kier alpha value is -2.27. The number of nitrogens with zero attached hydrogens (tertiary/aromatic N) is 3. The summed E-state index contributed by atoms with van der Waals surface area (Å²) in [5, 5.41) is 7.82. The molecule has 0 saturated heterocycles. The quantitative estimate of drug-likeness (QED) is 0.733. The number of fused-ring (bicyclic) bond motifs is 1. The van der Waals surface area contributed by atoms with Gasteiger partial charge in [0, 0.05) is 16.8 Å². The second-order valence-electron chi connectivity index (χ2n) is 5.51. The first-order chi connectivity index (χ1) is 10.6. The number of anilines is 1. The highest BCUT2D eigenvalue weighted by atomic mass is 32.1. The lowest BCUT2D eigenvalue weighted by Crippen LogP contribution is -2.38. The average Bonchev–Trinajstić information content (AvgIpc) is 3.03. The summed E-state index contributed by atoms with van der Waals surface area (Å²) in [4.78, 5) is 14.7. The highest BCUT2D eigenvalue weighted by molar-refractivity contribution is 7.03. The molecule has 0 N–H and O–H groups in total.